The van der Waals surface area contributed by atoms with Gasteiger partial charge in [-0.1, -0.05) is 6.42 Å². The molecular formula is C20H23FN6O. The van der Waals surface area contributed by atoms with E-state index in [1.54, 1.807) is 29.4 Å². The van der Waals surface area contributed by atoms with E-state index in [1.165, 1.54) is 6.07 Å². The number of halogens is 1. The lowest BCUT2D eigenvalue weighted by atomic mass is 9.87. The molecule has 1 spiro atoms. The normalized spacial score (nSPS) is 18.5. The van der Waals surface area contributed by atoms with Crippen LogP contribution in [0.5, 0.6) is 5.75 Å². The molecule has 2 aromatic rings. The fourth-order valence-corrected chi connectivity index (χ4v) is 3.88. The van der Waals surface area contributed by atoms with Gasteiger partial charge in [-0.15, -0.1) is 0 Å². The van der Waals surface area contributed by atoms with Crippen molar-refractivity contribution in [2.75, 3.05) is 4.90 Å². The highest BCUT2D eigenvalue weighted by Gasteiger charge is 2.42. The smallest absolute Gasteiger partial charge is 0.220 e. The van der Waals surface area contributed by atoms with Crippen molar-refractivity contribution >= 4 is 17.6 Å². The number of anilines is 1. The minimum absolute atomic E-state index is 0.174. The monoisotopic (exact) mass is 382 g/mol. The number of aromatic nitrogens is 1. The molecule has 1 aliphatic carbocycles. The Morgan fingerprint density at radius 1 is 1.07 bits per heavy atom. The predicted molar refractivity (Wildman–Crippen MR) is 107 cm³/mol. The Bertz CT molecular complexity index is 908. The quantitative estimate of drug-likeness (QED) is 0.846. The zero-order chi connectivity index (χ0) is 19.6. The summed E-state index contributed by atoms with van der Waals surface area (Å²) in [5, 5.41) is 0. The number of ether oxygens (including phenoxy) is 1. The highest BCUT2D eigenvalue weighted by molar-refractivity contribution is 6.05. The summed E-state index contributed by atoms with van der Waals surface area (Å²) in [7, 11) is 0. The minimum Gasteiger partial charge on any atom is -0.486 e. The van der Waals surface area contributed by atoms with Gasteiger partial charge in [0.25, 0.3) is 0 Å². The van der Waals surface area contributed by atoms with Gasteiger partial charge in [-0.05, 0) is 55.5 Å². The Morgan fingerprint density at radius 3 is 2.54 bits per heavy atom. The number of rotatable bonds is 4. The summed E-state index contributed by atoms with van der Waals surface area (Å²) in [4.78, 5) is 14.5. The summed E-state index contributed by atoms with van der Waals surface area (Å²) in [6.45, 7) is 0.261. The van der Waals surface area contributed by atoms with Crippen LogP contribution < -0.4 is 21.1 Å². The second-order valence-corrected chi connectivity index (χ2v) is 7.08. The SMILES string of the molecule is NC1=NC2(CCCCC2)N(c2ccc(OCc3ccncc3)c(F)c2)C(N)=N1. The van der Waals surface area contributed by atoms with Gasteiger partial charge in [0, 0.05) is 24.1 Å². The van der Waals surface area contributed by atoms with Crippen molar-refractivity contribution in [3.05, 3.63) is 54.1 Å². The minimum atomic E-state index is -0.597. The molecule has 0 bridgehead atoms. The summed E-state index contributed by atoms with van der Waals surface area (Å²) in [6, 6.07) is 8.45. The Morgan fingerprint density at radius 2 is 1.82 bits per heavy atom. The average Bonchev–Trinajstić information content (AvgIpc) is 2.68. The van der Waals surface area contributed by atoms with Crippen LogP contribution in [0.3, 0.4) is 0 Å². The third-order valence-corrected chi connectivity index (χ3v) is 5.17. The first-order chi connectivity index (χ1) is 13.6. The maximum atomic E-state index is 14.8. The van der Waals surface area contributed by atoms with Crippen LogP contribution in [0.15, 0.2) is 52.7 Å². The van der Waals surface area contributed by atoms with E-state index in [0.717, 1.165) is 37.7 Å². The van der Waals surface area contributed by atoms with Crippen molar-refractivity contribution in [2.24, 2.45) is 21.5 Å². The number of nitrogens with two attached hydrogens (primary N) is 2. The Hall–Kier alpha value is -3.16. The molecule has 1 aromatic carbocycles. The molecule has 0 unspecified atom stereocenters. The number of aliphatic imine (C=N–C) groups is 2. The molecule has 0 saturated heterocycles. The summed E-state index contributed by atoms with van der Waals surface area (Å²) < 4.78 is 20.4. The summed E-state index contributed by atoms with van der Waals surface area (Å²) in [5.74, 6) is 0.120. The zero-order valence-corrected chi connectivity index (χ0v) is 15.5. The van der Waals surface area contributed by atoms with Crippen molar-refractivity contribution in [1.29, 1.82) is 0 Å². The van der Waals surface area contributed by atoms with Gasteiger partial charge in [0.05, 0.1) is 0 Å². The summed E-state index contributed by atoms with van der Waals surface area (Å²) in [6.07, 6.45) is 8.10. The molecule has 146 valence electrons. The maximum absolute atomic E-state index is 14.8. The number of hydrogen-bond acceptors (Lipinski definition) is 7. The summed E-state index contributed by atoms with van der Waals surface area (Å²) in [5.41, 5.74) is 13.0. The van der Waals surface area contributed by atoms with Gasteiger partial charge >= 0.3 is 0 Å². The Labute approximate surface area is 162 Å². The van der Waals surface area contributed by atoms with Crippen LogP contribution in [0.4, 0.5) is 10.1 Å². The molecule has 2 aliphatic rings. The third-order valence-electron chi connectivity index (χ3n) is 5.17. The Kier molecular flexibility index (Phi) is 4.85. The van der Waals surface area contributed by atoms with Crippen LogP contribution in [0.25, 0.3) is 0 Å². The lowest BCUT2D eigenvalue weighted by Crippen LogP contribution is -2.58. The van der Waals surface area contributed by atoms with Crippen molar-refractivity contribution in [2.45, 2.75) is 44.4 Å². The van der Waals surface area contributed by atoms with Gasteiger partial charge in [-0.2, -0.15) is 4.99 Å². The fraction of sp³-hybridized carbons (Fsp3) is 0.350. The van der Waals surface area contributed by atoms with Crippen LogP contribution in [0, 0.1) is 5.82 Å². The topological polar surface area (TPSA) is 102 Å². The molecule has 1 saturated carbocycles. The first kappa shape index (κ1) is 18.2. The van der Waals surface area contributed by atoms with Crippen LogP contribution in [0.1, 0.15) is 37.7 Å². The maximum Gasteiger partial charge on any atom is 0.220 e. The van der Waals surface area contributed by atoms with Crippen LogP contribution in [0.2, 0.25) is 0 Å². The van der Waals surface area contributed by atoms with Crippen LogP contribution >= 0.6 is 0 Å². The highest BCUT2D eigenvalue weighted by Crippen LogP contribution is 2.40. The lowest BCUT2D eigenvalue weighted by Gasteiger charge is -2.45. The third kappa shape index (κ3) is 3.49. The molecule has 0 atom stereocenters. The second-order valence-electron chi connectivity index (χ2n) is 7.08. The van der Waals surface area contributed by atoms with Gasteiger partial charge in [0.15, 0.2) is 11.6 Å². The van der Waals surface area contributed by atoms with E-state index in [9.17, 15) is 4.39 Å². The van der Waals surface area contributed by atoms with Gasteiger partial charge in [0.1, 0.15) is 12.3 Å². The first-order valence-electron chi connectivity index (χ1n) is 9.38. The van der Waals surface area contributed by atoms with E-state index in [1.807, 2.05) is 12.1 Å². The van der Waals surface area contributed by atoms with Gasteiger partial charge < -0.3 is 16.2 Å². The molecule has 28 heavy (non-hydrogen) atoms. The second kappa shape index (κ2) is 7.46. The molecule has 2 heterocycles. The molecule has 0 amide bonds. The van der Waals surface area contributed by atoms with Crippen LogP contribution in [-0.2, 0) is 6.61 Å². The van der Waals surface area contributed by atoms with Crippen LogP contribution in [-0.4, -0.2) is 22.6 Å². The van der Waals surface area contributed by atoms with E-state index in [2.05, 4.69) is 15.0 Å². The molecule has 4 rings (SSSR count). The molecule has 4 N–H and O–H groups in total. The summed E-state index contributed by atoms with van der Waals surface area (Å²) >= 11 is 0. The highest BCUT2D eigenvalue weighted by atomic mass is 19.1. The Balaban J connectivity index is 1.59. The largest absolute Gasteiger partial charge is 0.486 e. The van der Waals surface area contributed by atoms with Crippen molar-refractivity contribution < 1.29 is 9.13 Å². The number of nitrogens with zero attached hydrogens (tertiary/aromatic N) is 4. The van der Waals surface area contributed by atoms with E-state index < -0.39 is 11.5 Å². The van der Waals surface area contributed by atoms with Crippen molar-refractivity contribution in [1.82, 2.24) is 4.98 Å². The van der Waals surface area contributed by atoms with E-state index in [4.69, 9.17) is 16.2 Å². The van der Waals surface area contributed by atoms with Gasteiger partial charge in [-0.25, -0.2) is 9.38 Å². The number of pyridine rings is 1. The standard InChI is InChI=1S/C20H23FN6O/c21-16-12-15(4-5-17(16)28-13-14-6-10-24-11-7-14)27-19(23)25-18(22)26-20(27)8-2-1-3-9-20/h4-7,10-12H,1-3,8-9,13H2,(H4,22,23,25,26). The molecule has 1 aromatic heterocycles. The van der Waals surface area contributed by atoms with Crippen molar-refractivity contribution in [3.63, 3.8) is 0 Å². The molecule has 1 fully saturated rings. The average molecular weight is 382 g/mol. The number of benzene rings is 1. The van der Waals surface area contributed by atoms with Gasteiger partial charge in [0.2, 0.25) is 11.9 Å². The molecule has 7 nitrogen and oxygen atoms in total. The fourth-order valence-electron chi connectivity index (χ4n) is 3.88. The molecular weight excluding hydrogens is 359 g/mol. The van der Waals surface area contributed by atoms with E-state index in [-0.39, 0.29) is 24.3 Å². The number of guanidine groups is 2. The lowest BCUT2D eigenvalue weighted by molar-refractivity contribution is 0.289. The van der Waals surface area contributed by atoms with Crippen molar-refractivity contribution in [3.8, 4) is 5.75 Å². The predicted octanol–water partition coefficient (Wildman–Crippen LogP) is 2.91. The van der Waals surface area contributed by atoms with E-state index in [0.29, 0.717) is 5.69 Å². The van der Waals surface area contributed by atoms with E-state index >= 15 is 0 Å². The first-order valence-corrected chi connectivity index (χ1v) is 9.38. The molecule has 1 aliphatic heterocycles. The number of hydrogen-bond donors (Lipinski definition) is 2. The zero-order valence-electron chi connectivity index (χ0n) is 15.5. The molecule has 8 heteroatoms. The van der Waals surface area contributed by atoms with Gasteiger partial charge in [-0.3, -0.25) is 9.88 Å². The molecule has 0 radical (unpaired) electrons.